The van der Waals surface area contributed by atoms with Crippen LogP contribution in [-0.2, 0) is 17.7 Å². The van der Waals surface area contributed by atoms with Crippen molar-refractivity contribution >= 4 is 23.4 Å². The number of fused-ring (bicyclic) bond motifs is 1. The molecule has 0 saturated heterocycles. The molecule has 0 saturated carbocycles. The van der Waals surface area contributed by atoms with Gasteiger partial charge in [-0.25, -0.2) is 9.78 Å². The number of esters is 1. The van der Waals surface area contributed by atoms with Crippen molar-refractivity contribution in [3.05, 3.63) is 77.0 Å². The minimum Gasteiger partial charge on any atom is -0.462 e. The molecule has 0 spiro atoms. The quantitative estimate of drug-likeness (QED) is 0.659. The number of benzene rings is 2. The Labute approximate surface area is 170 Å². The summed E-state index contributed by atoms with van der Waals surface area (Å²) in [7, 11) is 0. The normalized spacial score (nSPS) is 13.0. The molecular formula is C23H24N4O2. The fourth-order valence-corrected chi connectivity index (χ4v) is 3.56. The number of nitrogens with one attached hydrogen (secondary N) is 1. The van der Waals surface area contributed by atoms with Gasteiger partial charge in [-0.15, -0.1) is 0 Å². The lowest BCUT2D eigenvalue weighted by atomic mass is 10.00. The Morgan fingerprint density at radius 2 is 1.86 bits per heavy atom. The highest BCUT2D eigenvalue weighted by Gasteiger charge is 2.19. The highest BCUT2D eigenvalue weighted by atomic mass is 16.5. The molecule has 4 rings (SSSR count). The molecule has 3 aromatic rings. The second-order valence-electron chi connectivity index (χ2n) is 7.02. The summed E-state index contributed by atoms with van der Waals surface area (Å²) < 4.78 is 5.15. The summed E-state index contributed by atoms with van der Waals surface area (Å²) in [5.41, 5.74) is 4.69. The van der Waals surface area contributed by atoms with E-state index in [4.69, 9.17) is 9.72 Å². The maximum absolute atomic E-state index is 12.2. The lowest BCUT2D eigenvalue weighted by Gasteiger charge is -2.30. The Morgan fingerprint density at radius 1 is 1.10 bits per heavy atom. The summed E-state index contributed by atoms with van der Waals surface area (Å²) in [4.78, 5) is 23.7. The minimum atomic E-state index is -0.365. The van der Waals surface area contributed by atoms with Crippen LogP contribution in [0.5, 0.6) is 0 Å². The number of hydrogen-bond acceptors (Lipinski definition) is 6. The van der Waals surface area contributed by atoms with E-state index in [2.05, 4.69) is 39.5 Å². The first kappa shape index (κ1) is 18.9. The standard InChI is InChI=1S/C23H24N4O2/c1-3-29-22(28)19-10-6-7-11-20(19)25-23-24-16(2)14-21(26-23)27-13-12-17-8-4-5-9-18(17)15-27/h4-11,14H,3,12-13,15H2,1-2H3,(H,24,25,26). The Balaban J connectivity index is 1.60. The highest BCUT2D eigenvalue weighted by molar-refractivity contribution is 5.96. The number of aromatic nitrogens is 2. The molecule has 1 N–H and O–H groups in total. The van der Waals surface area contributed by atoms with Gasteiger partial charge in [-0.3, -0.25) is 0 Å². The molecule has 0 radical (unpaired) electrons. The van der Waals surface area contributed by atoms with Crippen molar-refractivity contribution in [1.82, 2.24) is 9.97 Å². The van der Waals surface area contributed by atoms with Gasteiger partial charge >= 0.3 is 5.97 Å². The summed E-state index contributed by atoms with van der Waals surface area (Å²) in [6, 6.07) is 17.8. The minimum absolute atomic E-state index is 0.328. The number of aryl methyl sites for hydroxylation is 1. The fraction of sp³-hybridized carbons (Fsp3) is 0.261. The second-order valence-corrected chi connectivity index (χ2v) is 7.02. The molecule has 1 aliphatic heterocycles. The molecule has 29 heavy (non-hydrogen) atoms. The predicted molar refractivity (Wildman–Crippen MR) is 114 cm³/mol. The average molecular weight is 388 g/mol. The van der Waals surface area contributed by atoms with Crippen molar-refractivity contribution in [2.24, 2.45) is 0 Å². The summed E-state index contributed by atoms with van der Waals surface area (Å²) in [5, 5.41) is 3.20. The number of anilines is 3. The first-order valence-electron chi connectivity index (χ1n) is 9.84. The lowest BCUT2D eigenvalue weighted by Crippen LogP contribution is -2.31. The second kappa shape index (κ2) is 8.31. The van der Waals surface area contributed by atoms with E-state index in [0.29, 0.717) is 23.8 Å². The van der Waals surface area contributed by atoms with Crippen LogP contribution >= 0.6 is 0 Å². The van der Waals surface area contributed by atoms with Crippen molar-refractivity contribution in [2.75, 3.05) is 23.4 Å². The van der Waals surface area contributed by atoms with Gasteiger partial charge < -0.3 is 15.0 Å². The zero-order valence-corrected chi connectivity index (χ0v) is 16.7. The molecule has 0 amide bonds. The first-order valence-corrected chi connectivity index (χ1v) is 9.84. The van der Waals surface area contributed by atoms with Crippen molar-refractivity contribution < 1.29 is 9.53 Å². The molecular weight excluding hydrogens is 364 g/mol. The van der Waals surface area contributed by atoms with Gasteiger partial charge in [-0.05, 0) is 43.5 Å². The van der Waals surface area contributed by atoms with Gasteiger partial charge in [0.25, 0.3) is 0 Å². The van der Waals surface area contributed by atoms with Gasteiger partial charge in [-0.1, -0.05) is 36.4 Å². The molecule has 0 aliphatic carbocycles. The Hall–Kier alpha value is -3.41. The van der Waals surface area contributed by atoms with Crippen LogP contribution in [0.15, 0.2) is 54.6 Å². The molecule has 0 atom stereocenters. The molecule has 0 unspecified atom stereocenters. The van der Waals surface area contributed by atoms with Crippen LogP contribution in [0, 0.1) is 6.92 Å². The van der Waals surface area contributed by atoms with E-state index >= 15 is 0 Å². The summed E-state index contributed by atoms with van der Waals surface area (Å²) in [5.74, 6) is 0.981. The number of carbonyl (C=O) groups is 1. The van der Waals surface area contributed by atoms with Gasteiger partial charge in [0.2, 0.25) is 5.95 Å². The van der Waals surface area contributed by atoms with Gasteiger partial charge in [0.05, 0.1) is 17.9 Å². The molecule has 1 aromatic heterocycles. The third-order valence-corrected chi connectivity index (χ3v) is 4.96. The van der Waals surface area contributed by atoms with Crippen molar-refractivity contribution in [3.8, 4) is 0 Å². The lowest BCUT2D eigenvalue weighted by molar-refractivity contribution is 0.0527. The van der Waals surface area contributed by atoms with Crippen molar-refractivity contribution in [2.45, 2.75) is 26.8 Å². The van der Waals surface area contributed by atoms with Crippen LogP contribution in [0.3, 0.4) is 0 Å². The highest BCUT2D eigenvalue weighted by Crippen LogP contribution is 2.26. The van der Waals surface area contributed by atoms with Gasteiger partial charge in [0, 0.05) is 24.8 Å². The Morgan fingerprint density at radius 3 is 2.69 bits per heavy atom. The predicted octanol–water partition coefficient (Wildman–Crippen LogP) is 4.27. The van der Waals surface area contributed by atoms with E-state index < -0.39 is 0 Å². The first-order chi connectivity index (χ1) is 14.1. The van der Waals surface area contributed by atoms with Crippen molar-refractivity contribution in [3.63, 3.8) is 0 Å². The van der Waals surface area contributed by atoms with Gasteiger partial charge in [0.15, 0.2) is 0 Å². The smallest absolute Gasteiger partial charge is 0.340 e. The maximum Gasteiger partial charge on any atom is 0.340 e. The molecule has 148 valence electrons. The molecule has 2 heterocycles. The fourth-order valence-electron chi connectivity index (χ4n) is 3.56. The van der Waals surface area contributed by atoms with Gasteiger partial charge in [-0.2, -0.15) is 4.98 Å². The molecule has 1 aliphatic rings. The molecule has 2 aromatic carbocycles. The van der Waals surface area contributed by atoms with Crippen LogP contribution in [0.4, 0.5) is 17.5 Å². The maximum atomic E-state index is 12.2. The van der Waals surface area contributed by atoms with Crippen LogP contribution in [-0.4, -0.2) is 29.1 Å². The summed E-state index contributed by atoms with van der Waals surface area (Å²) >= 11 is 0. The number of rotatable bonds is 5. The number of carbonyl (C=O) groups excluding carboxylic acids is 1. The van der Waals surface area contributed by atoms with E-state index in [-0.39, 0.29) is 5.97 Å². The van der Waals surface area contributed by atoms with Crippen molar-refractivity contribution in [1.29, 1.82) is 0 Å². The van der Waals surface area contributed by atoms with E-state index in [9.17, 15) is 4.79 Å². The van der Waals surface area contributed by atoms with Crippen LogP contribution in [0.25, 0.3) is 0 Å². The molecule has 0 fully saturated rings. The van der Waals surface area contributed by atoms with Gasteiger partial charge in [0.1, 0.15) is 5.82 Å². The van der Waals surface area contributed by atoms with Crippen LogP contribution < -0.4 is 10.2 Å². The Bertz CT molecular complexity index is 1030. The molecule has 6 nitrogen and oxygen atoms in total. The zero-order valence-electron chi connectivity index (χ0n) is 16.7. The molecule has 6 heteroatoms. The summed E-state index contributed by atoms with van der Waals surface area (Å²) in [6.07, 6.45) is 0.994. The van der Waals surface area contributed by atoms with E-state index in [0.717, 1.165) is 31.0 Å². The third kappa shape index (κ3) is 4.21. The van der Waals surface area contributed by atoms with E-state index in [1.807, 2.05) is 31.2 Å². The largest absolute Gasteiger partial charge is 0.462 e. The van der Waals surface area contributed by atoms with Crippen LogP contribution in [0.2, 0.25) is 0 Å². The topological polar surface area (TPSA) is 67.3 Å². The van der Waals surface area contributed by atoms with E-state index in [1.54, 1.807) is 13.0 Å². The molecule has 0 bridgehead atoms. The number of hydrogen-bond donors (Lipinski definition) is 1. The van der Waals surface area contributed by atoms with E-state index in [1.165, 1.54) is 11.1 Å². The third-order valence-electron chi connectivity index (χ3n) is 4.96. The number of para-hydroxylation sites is 1. The number of ether oxygens (including phenoxy) is 1. The van der Waals surface area contributed by atoms with Crippen LogP contribution in [0.1, 0.15) is 34.1 Å². The Kier molecular flexibility index (Phi) is 5.42. The number of nitrogens with zero attached hydrogens (tertiary/aromatic N) is 3. The average Bonchev–Trinajstić information content (AvgIpc) is 2.73. The summed E-state index contributed by atoms with van der Waals surface area (Å²) in [6.45, 7) is 5.80. The monoisotopic (exact) mass is 388 g/mol. The SMILES string of the molecule is CCOC(=O)c1ccccc1Nc1nc(C)cc(N2CCc3ccccc3C2)n1. The zero-order chi connectivity index (χ0) is 20.2.